The molecule has 2 aromatic carbocycles. The lowest BCUT2D eigenvalue weighted by atomic mass is 10.0. The van der Waals surface area contributed by atoms with Crippen molar-refractivity contribution in [3.63, 3.8) is 0 Å². The van der Waals surface area contributed by atoms with Crippen molar-refractivity contribution >= 4 is 56.5 Å². The van der Waals surface area contributed by atoms with Gasteiger partial charge < -0.3 is 15.5 Å². The zero-order valence-corrected chi connectivity index (χ0v) is 33.3. The van der Waals surface area contributed by atoms with Crippen molar-refractivity contribution < 1.29 is 18.0 Å². The van der Waals surface area contributed by atoms with Gasteiger partial charge in [-0.25, -0.2) is 22.9 Å². The highest BCUT2D eigenvalue weighted by Crippen LogP contribution is 2.28. The number of hydrogen-bond acceptors (Lipinski definition) is 12. The molecule has 0 spiro atoms. The van der Waals surface area contributed by atoms with E-state index >= 15 is 0 Å². The number of amides is 3. The summed E-state index contributed by atoms with van der Waals surface area (Å²) in [5.41, 5.74) is 4.57. The summed E-state index contributed by atoms with van der Waals surface area (Å²) < 4.78 is 28.5. The van der Waals surface area contributed by atoms with Gasteiger partial charge in [-0.2, -0.15) is 4.98 Å². The number of nitrogens with zero attached hydrogens (tertiary/aromatic N) is 7. The topological polar surface area (TPSA) is 168 Å². The minimum Gasteiger partial charge on any atom is -0.371 e. The third kappa shape index (κ3) is 9.79. The summed E-state index contributed by atoms with van der Waals surface area (Å²) in [5, 5.41) is 8.93. The summed E-state index contributed by atoms with van der Waals surface area (Å²) >= 11 is 0. The molecule has 4 N–H and O–H groups in total. The van der Waals surface area contributed by atoms with Crippen molar-refractivity contribution in [2.45, 2.75) is 70.0 Å². The van der Waals surface area contributed by atoms with Crippen LogP contribution in [0.1, 0.15) is 51.3 Å². The van der Waals surface area contributed by atoms with E-state index in [4.69, 9.17) is 0 Å². The van der Waals surface area contributed by atoms with Crippen molar-refractivity contribution in [2.75, 3.05) is 66.2 Å². The average molecular weight is 782 g/mol. The van der Waals surface area contributed by atoms with E-state index in [1.165, 1.54) is 5.69 Å². The molecule has 3 aliphatic rings. The first-order chi connectivity index (χ1) is 26.8. The lowest BCUT2D eigenvalue weighted by Crippen LogP contribution is -2.53. The van der Waals surface area contributed by atoms with E-state index in [1.54, 1.807) is 41.6 Å². The lowest BCUT2D eigenvalue weighted by molar-refractivity contribution is -0.120. The van der Waals surface area contributed by atoms with Gasteiger partial charge in [0.05, 0.1) is 22.5 Å². The van der Waals surface area contributed by atoms with Crippen LogP contribution in [-0.2, 0) is 21.4 Å². The molecule has 16 heteroatoms. The van der Waals surface area contributed by atoms with Gasteiger partial charge in [-0.15, -0.1) is 0 Å². The first-order valence-electron chi connectivity index (χ1n) is 19.2. The largest absolute Gasteiger partial charge is 0.371 e. The van der Waals surface area contributed by atoms with Gasteiger partial charge in [-0.3, -0.25) is 29.8 Å². The minimum atomic E-state index is -3.69. The Labute approximate surface area is 329 Å². The first-order valence-corrected chi connectivity index (χ1v) is 20.7. The Morgan fingerprint density at radius 1 is 0.821 bits per heavy atom. The van der Waals surface area contributed by atoms with Crippen molar-refractivity contribution in [1.82, 2.24) is 34.8 Å². The van der Waals surface area contributed by atoms with Crippen LogP contribution in [0, 0.1) is 6.92 Å². The van der Waals surface area contributed by atoms with Gasteiger partial charge >= 0.3 is 6.03 Å². The number of carbonyl (C=O) groups excluding carboxylic acids is 2. The smallest absolute Gasteiger partial charge is 0.328 e. The fourth-order valence-corrected chi connectivity index (χ4v) is 8.80. The predicted octanol–water partition coefficient (Wildman–Crippen LogP) is 4.98. The number of piperidine rings is 1. The molecule has 2 aromatic heterocycles. The highest BCUT2D eigenvalue weighted by molar-refractivity contribution is 7.89. The molecule has 0 saturated carbocycles. The molecule has 3 saturated heterocycles. The van der Waals surface area contributed by atoms with Crippen LogP contribution in [0.4, 0.5) is 39.3 Å². The molecular formula is C40H51N11O4S. The summed E-state index contributed by atoms with van der Waals surface area (Å²) in [6.45, 7) is 14.5. The van der Waals surface area contributed by atoms with Crippen LogP contribution in [0.3, 0.4) is 0 Å². The Morgan fingerprint density at radius 3 is 2.23 bits per heavy atom. The molecule has 296 valence electrons. The van der Waals surface area contributed by atoms with Crippen molar-refractivity contribution in [1.29, 1.82) is 0 Å². The second-order valence-corrected chi connectivity index (χ2v) is 17.4. The normalized spacial score (nSPS) is 17.9. The van der Waals surface area contributed by atoms with E-state index in [0.29, 0.717) is 42.1 Å². The standard InChI is InChI=1S/C40H51N11O4S/c1-28-25-42-38(46-37(28)43-30-6-5-7-35(24-30)56(54,55)47-40(2,3)4)44-29-8-11-32(12-9-29)49-17-14-33(15-18-49)50-22-20-48(21-23-50)27-31-10-13-34(26-41-31)51-19-16-36(52)45-39(51)53/h5-13,24-26,33,47H,14-23,27H2,1-4H3,(H,45,52,53)(H2,42,43,44,46). The van der Waals surface area contributed by atoms with Gasteiger partial charge in [-0.1, -0.05) is 6.07 Å². The van der Waals surface area contributed by atoms with Crippen molar-refractivity contribution in [3.05, 3.63) is 84.3 Å². The molecule has 0 atom stereocenters. The third-order valence-electron chi connectivity index (χ3n) is 10.3. The molecule has 3 fully saturated rings. The number of sulfonamides is 1. The SMILES string of the molecule is Cc1cnc(Nc2ccc(N3CCC(N4CCN(Cc5ccc(N6CCC(=O)NC6=O)cn5)CC4)CC3)cc2)nc1Nc1cccc(S(=O)(=O)NC(C)(C)C)c1. The highest BCUT2D eigenvalue weighted by atomic mass is 32.2. The highest BCUT2D eigenvalue weighted by Gasteiger charge is 2.29. The van der Waals surface area contributed by atoms with Crippen LogP contribution in [-0.4, -0.2) is 103 Å². The molecule has 56 heavy (non-hydrogen) atoms. The molecule has 5 heterocycles. The van der Waals surface area contributed by atoms with Crippen LogP contribution in [0.15, 0.2) is 78.0 Å². The molecule has 4 aromatic rings. The van der Waals surface area contributed by atoms with Crippen LogP contribution < -0.4 is 30.5 Å². The molecule has 3 aliphatic heterocycles. The molecule has 0 aliphatic carbocycles. The molecule has 15 nitrogen and oxygen atoms in total. The summed E-state index contributed by atoms with van der Waals surface area (Å²) in [6.07, 6.45) is 5.99. The summed E-state index contributed by atoms with van der Waals surface area (Å²) in [6, 6.07) is 19.1. The third-order valence-corrected chi connectivity index (χ3v) is 12.0. The number of aryl methyl sites for hydroxylation is 1. The zero-order chi connectivity index (χ0) is 39.5. The van der Waals surface area contributed by atoms with Crippen LogP contribution in [0.25, 0.3) is 0 Å². The summed E-state index contributed by atoms with van der Waals surface area (Å²) in [5.74, 6) is 0.770. The fourth-order valence-electron chi connectivity index (χ4n) is 7.34. The predicted molar refractivity (Wildman–Crippen MR) is 218 cm³/mol. The Balaban J connectivity index is 0.866. The number of pyridine rings is 1. The van der Waals surface area contributed by atoms with E-state index in [2.05, 4.69) is 62.5 Å². The molecule has 0 radical (unpaired) electrons. The number of anilines is 6. The zero-order valence-electron chi connectivity index (χ0n) is 32.5. The number of piperazine rings is 1. The van der Waals surface area contributed by atoms with E-state index in [-0.39, 0.29) is 10.8 Å². The molecule has 0 unspecified atom stereocenters. The van der Waals surface area contributed by atoms with Gasteiger partial charge in [0.1, 0.15) is 5.82 Å². The number of carbonyl (C=O) groups is 2. The molecule has 0 bridgehead atoms. The monoisotopic (exact) mass is 781 g/mol. The number of hydrogen-bond donors (Lipinski definition) is 4. The molecular weight excluding hydrogens is 731 g/mol. The maximum absolute atomic E-state index is 12.9. The minimum absolute atomic E-state index is 0.174. The van der Waals surface area contributed by atoms with Crippen molar-refractivity contribution in [2.24, 2.45) is 0 Å². The van der Waals surface area contributed by atoms with E-state index < -0.39 is 21.6 Å². The number of nitrogens with one attached hydrogen (secondary N) is 4. The number of imide groups is 1. The van der Waals surface area contributed by atoms with Crippen LogP contribution in [0.2, 0.25) is 0 Å². The lowest BCUT2D eigenvalue weighted by Gasteiger charge is -2.43. The molecule has 7 rings (SSSR count). The van der Waals surface area contributed by atoms with Gasteiger partial charge in [0.2, 0.25) is 21.9 Å². The maximum Gasteiger partial charge on any atom is 0.328 e. The number of aromatic nitrogens is 3. The van der Waals surface area contributed by atoms with Crippen LogP contribution in [0.5, 0.6) is 0 Å². The summed E-state index contributed by atoms with van der Waals surface area (Å²) in [7, 11) is -3.69. The quantitative estimate of drug-likeness (QED) is 0.162. The number of urea groups is 1. The second kappa shape index (κ2) is 16.5. The van der Waals surface area contributed by atoms with E-state index in [0.717, 1.165) is 75.6 Å². The Hall–Kier alpha value is -5.16. The van der Waals surface area contributed by atoms with Gasteiger partial charge in [0.15, 0.2) is 0 Å². The Kier molecular flexibility index (Phi) is 11.5. The average Bonchev–Trinajstić information content (AvgIpc) is 3.17. The maximum atomic E-state index is 12.9. The number of rotatable bonds is 11. The fraction of sp³-hybridized carbons (Fsp3) is 0.425. The van der Waals surface area contributed by atoms with E-state index in [1.807, 2.05) is 52.0 Å². The van der Waals surface area contributed by atoms with E-state index in [9.17, 15) is 18.0 Å². The first kappa shape index (κ1) is 39.1. The van der Waals surface area contributed by atoms with Gasteiger partial charge in [-0.05, 0) is 95.1 Å². The Morgan fingerprint density at radius 2 is 1.55 bits per heavy atom. The second-order valence-electron chi connectivity index (χ2n) is 15.7. The Bertz CT molecular complexity index is 2130. The van der Waals surface area contributed by atoms with Gasteiger partial charge in [0.25, 0.3) is 0 Å². The molecule has 3 amide bonds. The van der Waals surface area contributed by atoms with Crippen LogP contribution >= 0.6 is 0 Å². The summed E-state index contributed by atoms with van der Waals surface area (Å²) in [4.78, 5) is 46.7. The van der Waals surface area contributed by atoms with Crippen molar-refractivity contribution in [3.8, 4) is 0 Å². The van der Waals surface area contributed by atoms with Gasteiger partial charge in [0, 0.05) is 99.2 Å². The number of benzene rings is 2.